The van der Waals surface area contributed by atoms with Crippen molar-refractivity contribution >= 4 is 23.3 Å². The number of halogens is 1. The first-order valence-corrected chi connectivity index (χ1v) is 6.93. The lowest BCUT2D eigenvalue weighted by Crippen LogP contribution is -2.45. The minimum atomic E-state index is -0.468. The molecular weight excluding hydrogens is 264 g/mol. The molecule has 1 aromatic rings. The molecule has 0 aromatic carbocycles. The number of anilines is 1. The number of carbonyl (C=O) groups excluding carboxylic acids is 1. The number of amides is 1. The molecule has 0 spiro atoms. The first-order chi connectivity index (χ1) is 9.05. The Kier molecular flexibility index (Phi) is 4.37. The highest BCUT2D eigenvalue weighted by atomic mass is 35.5. The monoisotopic (exact) mass is 282 g/mol. The van der Waals surface area contributed by atoms with E-state index < -0.39 is 5.41 Å². The van der Waals surface area contributed by atoms with Crippen LogP contribution in [0.5, 0.6) is 0 Å². The smallest absolute Gasteiger partial charge is 0.233 e. The lowest BCUT2D eigenvalue weighted by atomic mass is 9.70. The van der Waals surface area contributed by atoms with Gasteiger partial charge in [-0.3, -0.25) is 4.79 Å². The molecule has 19 heavy (non-hydrogen) atoms. The van der Waals surface area contributed by atoms with E-state index in [0.717, 1.165) is 25.7 Å². The van der Waals surface area contributed by atoms with Gasteiger partial charge in [0.05, 0.1) is 5.41 Å². The standard InChI is InChI=1S/C13H19ClN4O/c1-9-2-5-13(8-15,6-3-9)11(19)17-10-4-7-16-12(14)18-10/h4,7,9H,2-3,5-6,8,15H2,1H3,(H,16,17,18,19). The fraction of sp³-hybridized carbons (Fsp3) is 0.615. The Balaban J connectivity index is 2.09. The Hall–Kier alpha value is -1.20. The van der Waals surface area contributed by atoms with Gasteiger partial charge in [-0.2, -0.15) is 0 Å². The lowest BCUT2D eigenvalue weighted by Gasteiger charge is -2.36. The average molecular weight is 283 g/mol. The van der Waals surface area contributed by atoms with E-state index in [1.165, 1.54) is 6.20 Å². The molecule has 6 heteroatoms. The third-order valence-corrected chi connectivity index (χ3v) is 4.15. The molecule has 0 aliphatic heterocycles. The van der Waals surface area contributed by atoms with Crippen molar-refractivity contribution in [1.82, 2.24) is 9.97 Å². The zero-order chi connectivity index (χ0) is 13.9. The van der Waals surface area contributed by atoms with Crippen molar-refractivity contribution in [2.45, 2.75) is 32.6 Å². The van der Waals surface area contributed by atoms with Crippen LogP contribution in [0.1, 0.15) is 32.6 Å². The lowest BCUT2D eigenvalue weighted by molar-refractivity contribution is -0.127. The van der Waals surface area contributed by atoms with Crippen LogP contribution >= 0.6 is 11.6 Å². The molecular formula is C13H19ClN4O. The van der Waals surface area contributed by atoms with E-state index in [2.05, 4.69) is 22.2 Å². The van der Waals surface area contributed by atoms with Crippen LogP contribution < -0.4 is 11.1 Å². The summed E-state index contributed by atoms with van der Waals surface area (Å²) in [5.41, 5.74) is 5.38. The zero-order valence-corrected chi connectivity index (χ0v) is 11.8. The van der Waals surface area contributed by atoms with Gasteiger partial charge in [0, 0.05) is 12.7 Å². The summed E-state index contributed by atoms with van der Waals surface area (Å²) in [4.78, 5) is 20.2. The molecule has 1 aromatic heterocycles. The van der Waals surface area contributed by atoms with Crippen LogP contribution in [0, 0.1) is 11.3 Å². The second kappa shape index (κ2) is 5.84. The Bertz CT molecular complexity index is 458. The largest absolute Gasteiger partial charge is 0.329 e. The Morgan fingerprint density at radius 1 is 1.58 bits per heavy atom. The van der Waals surface area contributed by atoms with Gasteiger partial charge in [0.1, 0.15) is 5.82 Å². The molecule has 0 unspecified atom stereocenters. The summed E-state index contributed by atoms with van der Waals surface area (Å²) in [7, 11) is 0. The quantitative estimate of drug-likeness (QED) is 0.833. The van der Waals surface area contributed by atoms with Crippen molar-refractivity contribution in [2.24, 2.45) is 17.1 Å². The van der Waals surface area contributed by atoms with Crippen LogP contribution in [0.15, 0.2) is 12.3 Å². The van der Waals surface area contributed by atoms with E-state index >= 15 is 0 Å². The molecule has 5 nitrogen and oxygen atoms in total. The highest BCUT2D eigenvalue weighted by molar-refractivity contribution is 6.28. The molecule has 1 aliphatic rings. The number of carbonyl (C=O) groups is 1. The first-order valence-electron chi connectivity index (χ1n) is 6.56. The molecule has 3 N–H and O–H groups in total. The number of nitrogens with two attached hydrogens (primary N) is 1. The number of nitrogens with zero attached hydrogens (tertiary/aromatic N) is 2. The number of rotatable bonds is 3. The molecule has 0 saturated heterocycles. The van der Waals surface area contributed by atoms with Gasteiger partial charge in [-0.25, -0.2) is 9.97 Å². The summed E-state index contributed by atoms with van der Waals surface area (Å²) in [5.74, 6) is 1.04. The van der Waals surface area contributed by atoms with Crippen LogP contribution in [-0.2, 0) is 4.79 Å². The fourth-order valence-electron chi connectivity index (χ4n) is 2.49. The summed E-state index contributed by atoms with van der Waals surface area (Å²) < 4.78 is 0. The molecule has 2 rings (SSSR count). The number of hydrogen-bond acceptors (Lipinski definition) is 4. The van der Waals surface area contributed by atoms with Gasteiger partial charge in [-0.1, -0.05) is 6.92 Å². The van der Waals surface area contributed by atoms with Crippen molar-refractivity contribution in [3.8, 4) is 0 Å². The van der Waals surface area contributed by atoms with Gasteiger partial charge in [-0.05, 0) is 49.3 Å². The minimum absolute atomic E-state index is 0.0586. The van der Waals surface area contributed by atoms with Gasteiger partial charge < -0.3 is 11.1 Å². The maximum Gasteiger partial charge on any atom is 0.233 e. The molecule has 1 amide bonds. The Labute approximate surface area is 118 Å². The summed E-state index contributed by atoms with van der Waals surface area (Å²) in [6, 6.07) is 1.62. The summed E-state index contributed by atoms with van der Waals surface area (Å²) in [5, 5.41) is 2.93. The van der Waals surface area contributed by atoms with Crippen molar-refractivity contribution in [2.75, 3.05) is 11.9 Å². The highest BCUT2D eigenvalue weighted by Crippen LogP contribution is 2.38. The van der Waals surface area contributed by atoms with E-state index in [1.807, 2.05) is 0 Å². The molecule has 0 radical (unpaired) electrons. The Morgan fingerprint density at radius 3 is 2.84 bits per heavy atom. The van der Waals surface area contributed by atoms with Crippen molar-refractivity contribution in [3.63, 3.8) is 0 Å². The number of aromatic nitrogens is 2. The first kappa shape index (κ1) is 14.2. The number of hydrogen-bond donors (Lipinski definition) is 2. The Morgan fingerprint density at radius 2 is 2.26 bits per heavy atom. The highest BCUT2D eigenvalue weighted by Gasteiger charge is 2.39. The summed E-state index contributed by atoms with van der Waals surface area (Å²) >= 11 is 5.70. The third kappa shape index (κ3) is 3.22. The maximum absolute atomic E-state index is 12.4. The normalized spacial score (nSPS) is 27.0. The van der Waals surface area contributed by atoms with Crippen LogP contribution in [-0.4, -0.2) is 22.4 Å². The van der Waals surface area contributed by atoms with Gasteiger partial charge in [-0.15, -0.1) is 0 Å². The van der Waals surface area contributed by atoms with E-state index in [0.29, 0.717) is 18.3 Å². The molecule has 0 atom stereocenters. The van der Waals surface area contributed by atoms with Gasteiger partial charge in [0.25, 0.3) is 0 Å². The van der Waals surface area contributed by atoms with E-state index in [9.17, 15) is 4.79 Å². The summed E-state index contributed by atoms with van der Waals surface area (Å²) in [6.07, 6.45) is 5.25. The van der Waals surface area contributed by atoms with Crippen LogP contribution in [0.2, 0.25) is 5.28 Å². The van der Waals surface area contributed by atoms with E-state index in [1.54, 1.807) is 6.07 Å². The zero-order valence-electron chi connectivity index (χ0n) is 11.0. The molecule has 1 aliphatic carbocycles. The van der Waals surface area contributed by atoms with E-state index in [4.69, 9.17) is 17.3 Å². The third-order valence-electron chi connectivity index (χ3n) is 3.97. The summed E-state index contributed by atoms with van der Waals surface area (Å²) in [6.45, 7) is 2.58. The van der Waals surface area contributed by atoms with Gasteiger partial charge in [0.15, 0.2) is 0 Å². The average Bonchev–Trinajstić information content (AvgIpc) is 2.40. The van der Waals surface area contributed by atoms with Crippen molar-refractivity contribution in [3.05, 3.63) is 17.5 Å². The predicted molar refractivity (Wildman–Crippen MR) is 74.8 cm³/mol. The van der Waals surface area contributed by atoms with E-state index in [-0.39, 0.29) is 11.2 Å². The molecule has 104 valence electrons. The SMILES string of the molecule is CC1CCC(CN)(C(=O)Nc2ccnc(Cl)n2)CC1. The fourth-order valence-corrected chi connectivity index (χ4v) is 2.64. The predicted octanol–water partition coefficient (Wildman–Crippen LogP) is 2.22. The molecule has 1 fully saturated rings. The topological polar surface area (TPSA) is 80.9 Å². The van der Waals surface area contributed by atoms with Gasteiger partial charge in [0.2, 0.25) is 11.2 Å². The minimum Gasteiger partial charge on any atom is -0.329 e. The number of nitrogens with one attached hydrogen (secondary N) is 1. The van der Waals surface area contributed by atoms with Crippen molar-refractivity contribution in [1.29, 1.82) is 0 Å². The van der Waals surface area contributed by atoms with Crippen LogP contribution in [0.25, 0.3) is 0 Å². The van der Waals surface area contributed by atoms with Crippen molar-refractivity contribution < 1.29 is 4.79 Å². The molecule has 1 heterocycles. The molecule has 1 saturated carbocycles. The second-order valence-corrected chi connectivity index (χ2v) is 5.67. The van der Waals surface area contributed by atoms with Crippen LogP contribution in [0.4, 0.5) is 5.82 Å². The molecule has 0 bridgehead atoms. The maximum atomic E-state index is 12.4. The second-order valence-electron chi connectivity index (χ2n) is 5.33. The van der Waals surface area contributed by atoms with Crippen LogP contribution in [0.3, 0.4) is 0 Å². The van der Waals surface area contributed by atoms with Gasteiger partial charge >= 0.3 is 0 Å².